The lowest BCUT2D eigenvalue weighted by molar-refractivity contribution is -0.121. The molecule has 0 radical (unpaired) electrons. The number of rotatable bonds is 6. The number of carbonyl (C=O) groups is 2. The predicted octanol–water partition coefficient (Wildman–Crippen LogP) is 1.72. The second kappa shape index (κ2) is 6.22. The maximum absolute atomic E-state index is 11.6. The van der Waals surface area contributed by atoms with E-state index in [1.165, 1.54) is 0 Å². The van der Waals surface area contributed by atoms with Crippen LogP contribution in [0.15, 0.2) is 60.7 Å². The van der Waals surface area contributed by atoms with Crippen molar-refractivity contribution in [2.24, 2.45) is 11.5 Å². The zero-order chi connectivity index (χ0) is 15.3. The van der Waals surface area contributed by atoms with Crippen LogP contribution in [0, 0.1) is 0 Å². The fourth-order valence-corrected chi connectivity index (χ4v) is 2.75. The van der Waals surface area contributed by atoms with E-state index in [4.69, 9.17) is 11.5 Å². The van der Waals surface area contributed by atoms with Crippen molar-refractivity contribution >= 4 is 11.8 Å². The van der Waals surface area contributed by atoms with E-state index in [0.29, 0.717) is 0 Å². The normalized spacial score (nSPS) is 11.0. The minimum Gasteiger partial charge on any atom is -0.370 e. The molecule has 0 saturated heterocycles. The molecule has 108 valence electrons. The number of hydrogen-bond donors (Lipinski definition) is 2. The molecule has 2 aromatic carbocycles. The molecule has 0 aliphatic heterocycles. The van der Waals surface area contributed by atoms with Crippen LogP contribution in [0.5, 0.6) is 0 Å². The van der Waals surface area contributed by atoms with Crippen LogP contribution in [0.4, 0.5) is 0 Å². The first kappa shape index (κ1) is 14.8. The Kier molecular flexibility index (Phi) is 4.38. The SMILES string of the molecule is NC(=O)CC(CC(N)=O)(c1ccccc1)c1ccccc1. The molecule has 0 aromatic heterocycles. The molecule has 2 rings (SSSR count). The van der Waals surface area contributed by atoms with E-state index >= 15 is 0 Å². The van der Waals surface area contributed by atoms with Crippen molar-refractivity contribution in [3.8, 4) is 0 Å². The third-order valence-corrected chi connectivity index (χ3v) is 3.60. The van der Waals surface area contributed by atoms with Crippen LogP contribution >= 0.6 is 0 Å². The van der Waals surface area contributed by atoms with Crippen LogP contribution in [0.25, 0.3) is 0 Å². The summed E-state index contributed by atoms with van der Waals surface area (Å²) < 4.78 is 0. The Balaban J connectivity index is 2.64. The molecule has 4 nitrogen and oxygen atoms in total. The van der Waals surface area contributed by atoms with Crippen LogP contribution in [0.2, 0.25) is 0 Å². The topological polar surface area (TPSA) is 86.2 Å². The molecule has 0 atom stereocenters. The van der Waals surface area contributed by atoms with Crippen molar-refractivity contribution in [3.63, 3.8) is 0 Å². The zero-order valence-electron chi connectivity index (χ0n) is 11.7. The van der Waals surface area contributed by atoms with Gasteiger partial charge in [-0.2, -0.15) is 0 Å². The summed E-state index contributed by atoms with van der Waals surface area (Å²) in [7, 11) is 0. The standard InChI is InChI=1S/C17H18N2O2/c18-15(20)11-17(12-16(19)21,13-7-3-1-4-8-13)14-9-5-2-6-10-14/h1-10H,11-12H2,(H2,18,20)(H2,19,21). The van der Waals surface area contributed by atoms with Crippen LogP contribution < -0.4 is 11.5 Å². The molecular formula is C17H18N2O2. The smallest absolute Gasteiger partial charge is 0.218 e. The lowest BCUT2D eigenvalue weighted by Gasteiger charge is -2.33. The molecule has 0 heterocycles. The quantitative estimate of drug-likeness (QED) is 0.845. The van der Waals surface area contributed by atoms with Crippen LogP contribution in [-0.4, -0.2) is 11.8 Å². The molecule has 2 aromatic rings. The summed E-state index contributed by atoms with van der Waals surface area (Å²) in [6.07, 6.45) is 0.0634. The van der Waals surface area contributed by atoms with Crippen molar-refractivity contribution in [2.75, 3.05) is 0 Å². The lowest BCUT2D eigenvalue weighted by Crippen LogP contribution is -2.37. The molecule has 0 unspecified atom stereocenters. The molecular weight excluding hydrogens is 264 g/mol. The Morgan fingerprint density at radius 2 is 1.05 bits per heavy atom. The molecule has 4 N–H and O–H groups in total. The highest BCUT2D eigenvalue weighted by atomic mass is 16.1. The van der Waals surface area contributed by atoms with Crippen molar-refractivity contribution in [3.05, 3.63) is 71.8 Å². The lowest BCUT2D eigenvalue weighted by atomic mass is 9.69. The molecule has 0 fully saturated rings. The van der Waals surface area contributed by atoms with Gasteiger partial charge in [-0.3, -0.25) is 9.59 Å². The van der Waals surface area contributed by atoms with Gasteiger partial charge in [0.25, 0.3) is 0 Å². The van der Waals surface area contributed by atoms with Gasteiger partial charge in [0.15, 0.2) is 0 Å². The van der Waals surface area contributed by atoms with Gasteiger partial charge in [-0.15, -0.1) is 0 Å². The van der Waals surface area contributed by atoms with Gasteiger partial charge in [-0.05, 0) is 11.1 Å². The second-order valence-electron chi connectivity index (χ2n) is 5.10. The summed E-state index contributed by atoms with van der Waals surface area (Å²) in [6, 6.07) is 18.8. The van der Waals surface area contributed by atoms with Gasteiger partial charge < -0.3 is 11.5 Å². The van der Waals surface area contributed by atoms with Gasteiger partial charge in [-0.25, -0.2) is 0 Å². The number of amides is 2. The van der Waals surface area contributed by atoms with Gasteiger partial charge in [0.05, 0.1) is 0 Å². The summed E-state index contributed by atoms with van der Waals surface area (Å²) in [4.78, 5) is 23.2. The highest BCUT2D eigenvalue weighted by Gasteiger charge is 2.37. The Morgan fingerprint density at radius 3 is 1.33 bits per heavy atom. The average molecular weight is 282 g/mol. The Hall–Kier alpha value is -2.62. The highest BCUT2D eigenvalue weighted by Crippen LogP contribution is 2.38. The summed E-state index contributed by atoms with van der Waals surface area (Å²) in [5.74, 6) is -0.937. The second-order valence-corrected chi connectivity index (χ2v) is 5.10. The van der Waals surface area contributed by atoms with Gasteiger partial charge in [0, 0.05) is 18.3 Å². The van der Waals surface area contributed by atoms with E-state index in [-0.39, 0.29) is 12.8 Å². The number of carbonyl (C=O) groups excluding carboxylic acids is 2. The fourth-order valence-electron chi connectivity index (χ4n) is 2.75. The van der Waals surface area contributed by atoms with E-state index in [9.17, 15) is 9.59 Å². The molecule has 0 saturated carbocycles. The minimum absolute atomic E-state index is 0.0317. The summed E-state index contributed by atoms with van der Waals surface area (Å²) in [6.45, 7) is 0. The third kappa shape index (κ3) is 3.28. The number of nitrogens with two attached hydrogens (primary N) is 2. The van der Waals surface area contributed by atoms with Crippen molar-refractivity contribution in [1.82, 2.24) is 0 Å². The molecule has 0 spiro atoms. The first-order valence-corrected chi connectivity index (χ1v) is 6.72. The van der Waals surface area contributed by atoms with E-state index < -0.39 is 17.2 Å². The first-order chi connectivity index (χ1) is 10.0. The average Bonchev–Trinajstić information content (AvgIpc) is 2.47. The molecule has 0 aliphatic carbocycles. The summed E-state index contributed by atoms with van der Waals surface area (Å²) >= 11 is 0. The monoisotopic (exact) mass is 282 g/mol. The molecule has 0 bridgehead atoms. The van der Waals surface area contributed by atoms with E-state index in [1.807, 2.05) is 60.7 Å². The number of benzene rings is 2. The van der Waals surface area contributed by atoms with Crippen LogP contribution in [0.3, 0.4) is 0 Å². The van der Waals surface area contributed by atoms with Gasteiger partial charge in [0.1, 0.15) is 0 Å². The van der Waals surface area contributed by atoms with Crippen LogP contribution in [0.1, 0.15) is 24.0 Å². The molecule has 4 heteroatoms. The van der Waals surface area contributed by atoms with Crippen molar-refractivity contribution in [1.29, 1.82) is 0 Å². The Morgan fingerprint density at radius 1 is 0.714 bits per heavy atom. The zero-order valence-corrected chi connectivity index (χ0v) is 11.7. The van der Waals surface area contributed by atoms with Gasteiger partial charge in [0.2, 0.25) is 11.8 Å². The minimum atomic E-state index is -0.819. The van der Waals surface area contributed by atoms with Crippen LogP contribution in [-0.2, 0) is 15.0 Å². The highest BCUT2D eigenvalue weighted by molar-refractivity contribution is 5.81. The number of hydrogen-bond acceptors (Lipinski definition) is 2. The van der Waals surface area contributed by atoms with E-state index in [1.54, 1.807) is 0 Å². The predicted molar refractivity (Wildman–Crippen MR) is 81.3 cm³/mol. The Bertz CT molecular complexity index is 566. The molecule has 2 amide bonds. The van der Waals surface area contributed by atoms with Crippen molar-refractivity contribution in [2.45, 2.75) is 18.3 Å². The maximum atomic E-state index is 11.6. The summed E-state index contributed by atoms with van der Waals surface area (Å²) in [5.41, 5.74) is 11.8. The van der Waals surface area contributed by atoms with Gasteiger partial charge >= 0.3 is 0 Å². The fraction of sp³-hybridized carbons (Fsp3) is 0.176. The van der Waals surface area contributed by atoms with E-state index in [0.717, 1.165) is 11.1 Å². The number of primary amides is 2. The van der Waals surface area contributed by atoms with Gasteiger partial charge in [-0.1, -0.05) is 60.7 Å². The first-order valence-electron chi connectivity index (χ1n) is 6.72. The largest absolute Gasteiger partial charge is 0.370 e. The molecule has 21 heavy (non-hydrogen) atoms. The molecule has 0 aliphatic rings. The van der Waals surface area contributed by atoms with E-state index in [2.05, 4.69) is 0 Å². The van der Waals surface area contributed by atoms with Crippen molar-refractivity contribution < 1.29 is 9.59 Å². The third-order valence-electron chi connectivity index (χ3n) is 3.60. The maximum Gasteiger partial charge on any atom is 0.218 e. The Labute approximate surface area is 123 Å². The summed E-state index contributed by atoms with van der Waals surface area (Å²) in [5, 5.41) is 0.